The lowest BCUT2D eigenvalue weighted by atomic mass is 10.2. The third kappa shape index (κ3) is 4.94. The first-order valence-electron chi connectivity index (χ1n) is 8.71. The van der Waals surface area contributed by atoms with E-state index in [1.165, 1.54) is 0 Å². The van der Waals surface area contributed by atoms with Crippen molar-refractivity contribution in [1.82, 2.24) is 29.9 Å². The fraction of sp³-hybridized carbons (Fsp3) is 0.389. The summed E-state index contributed by atoms with van der Waals surface area (Å²) in [7, 11) is 0. The predicted octanol–water partition coefficient (Wildman–Crippen LogP) is 1.99. The number of pyridine rings is 1. The molecule has 0 spiro atoms. The van der Waals surface area contributed by atoms with E-state index in [4.69, 9.17) is 0 Å². The highest BCUT2D eigenvalue weighted by atomic mass is 32.2. The van der Waals surface area contributed by atoms with E-state index in [2.05, 4.69) is 30.8 Å². The van der Waals surface area contributed by atoms with Crippen molar-refractivity contribution in [3.05, 3.63) is 47.7 Å². The zero-order chi connectivity index (χ0) is 19.2. The lowest BCUT2D eigenvalue weighted by Gasteiger charge is -2.18. The third-order valence-corrected chi connectivity index (χ3v) is 4.66. The topological polar surface area (TPSA) is 97.1 Å². The molecule has 0 saturated carbocycles. The molecule has 1 amide bonds. The molecule has 0 unspecified atom stereocenters. The number of thioether (sulfide) groups is 1. The molecule has 0 aromatic carbocycles. The SMILES string of the molecule is CSCC[C@@H](Nc1nc(C)cc(C)n1)C(=O)NCc1nnc2ccccn12. The summed E-state index contributed by atoms with van der Waals surface area (Å²) in [6.45, 7) is 4.12. The zero-order valence-electron chi connectivity index (χ0n) is 15.6. The Labute approximate surface area is 162 Å². The molecule has 0 aliphatic carbocycles. The first kappa shape index (κ1) is 19.1. The van der Waals surface area contributed by atoms with Crippen molar-refractivity contribution in [2.75, 3.05) is 17.3 Å². The Morgan fingerprint density at radius 2 is 2.00 bits per heavy atom. The largest absolute Gasteiger partial charge is 0.347 e. The van der Waals surface area contributed by atoms with Gasteiger partial charge >= 0.3 is 0 Å². The van der Waals surface area contributed by atoms with E-state index >= 15 is 0 Å². The van der Waals surface area contributed by atoms with Gasteiger partial charge in [-0.2, -0.15) is 11.8 Å². The zero-order valence-corrected chi connectivity index (χ0v) is 16.5. The summed E-state index contributed by atoms with van der Waals surface area (Å²) in [4.78, 5) is 21.5. The molecule has 0 radical (unpaired) electrons. The molecule has 3 rings (SSSR count). The Bertz CT molecular complexity index is 907. The number of hydrogen-bond acceptors (Lipinski definition) is 7. The van der Waals surface area contributed by atoms with Gasteiger partial charge in [0.1, 0.15) is 6.04 Å². The molecule has 0 aliphatic heterocycles. The molecule has 3 aromatic heterocycles. The van der Waals surface area contributed by atoms with Gasteiger partial charge in [-0.1, -0.05) is 6.07 Å². The number of fused-ring (bicyclic) bond motifs is 1. The number of nitrogens with one attached hydrogen (secondary N) is 2. The minimum atomic E-state index is -0.419. The maximum absolute atomic E-state index is 12.8. The number of anilines is 1. The van der Waals surface area contributed by atoms with Crippen LogP contribution in [0.1, 0.15) is 23.6 Å². The van der Waals surface area contributed by atoms with Gasteiger partial charge in [-0.25, -0.2) is 9.97 Å². The first-order valence-corrected chi connectivity index (χ1v) is 10.1. The molecule has 0 fully saturated rings. The molecule has 2 N–H and O–H groups in total. The van der Waals surface area contributed by atoms with Crippen molar-refractivity contribution in [3.63, 3.8) is 0 Å². The molecule has 27 heavy (non-hydrogen) atoms. The van der Waals surface area contributed by atoms with Crippen LogP contribution in [0, 0.1) is 13.8 Å². The lowest BCUT2D eigenvalue weighted by Crippen LogP contribution is -2.40. The van der Waals surface area contributed by atoms with Crippen molar-refractivity contribution in [2.24, 2.45) is 0 Å². The van der Waals surface area contributed by atoms with Crippen LogP contribution in [0.2, 0.25) is 0 Å². The van der Waals surface area contributed by atoms with Crippen LogP contribution in [0.3, 0.4) is 0 Å². The van der Waals surface area contributed by atoms with Crippen molar-refractivity contribution in [2.45, 2.75) is 32.9 Å². The molecule has 0 bridgehead atoms. The molecule has 3 heterocycles. The van der Waals surface area contributed by atoms with Gasteiger partial charge in [0.2, 0.25) is 11.9 Å². The van der Waals surface area contributed by atoms with Gasteiger partial charge in [0.15, 0.2) is 11.5 Å². The minimum absolute atomic E-state index is 0.112. The number of carbonyl (C=O) groups excluding carboxylic acids is 1. The van der Waals surface area contributed by atoms with E-state index in [0.29, 0.717) is 24.7 Å². The fourth-order valence-electron chi connectivity index (χ4n) is 2.75. The van der Waals surface area contributed by atoms with Crippen LogP contribution < -0.4 is 10.6 Å². The Hall–Kier alpha value is -2.68. The average molecular weight is 385 g/mol. The second kappa shape index (κ2) is 8.81. The average Bonchev–Trinajstić information content (AvgIpc) is 3.05. The number of amides is 1. The van der Waals surface area contributed by atoms with Crippen molar-refractivity contribution in [3.8, 4) is 0 Å². The lowest BCUT2D eigenvalue weighted by molar-refractivity contribution is -0.122. The van der Waals surface area contributed by atoms with Gasteiger partial charge < -0.3 is 10.6 Å². The molecule has 142 valence electrons. The highest BCUT2D eigenvalue weighted by Crippen LogP contribution is 2.10. The summed E-state index contributed by atoms with van der Waals surface area (Å²) in [5.41, 5.74) is 2.48. The monoisotopic (exact) mass is 385 g/mol. The van der Waals surface area contributed by atoms with E-state index in [9.17, 15) is 4.79 Å². The highest BCUT2D eigenvalue weighted by Gasteiger charge is 2.20. The Balaban J connectivity index is 1.69. The number of hydrogen-bond donors (Lipinski definition) is 2. The van der Waals surface area contributed by atoms with Gasteiger partial charge in [0, 0.05) is 17.6 Å². The van der Waals surface area contributed by atoms with E-state index in [1.807, 2.05) is 55.0 Å². The normalized spacial score (nSPS) is 12.1. The molecule has 9 heteroatoms. The highest BCUT2D eigenvalue weighted by molar-refractivity contribution is 7.98. The molecule has 1 atom stereocenters. The summed E-state index contributed by atoms with van der Waals surface area (Å²) in [5, 5.41) is 14.4. The van der Waals surface area contributed by atoms with E-state index in [-0.39, 0.29) is 5.91 Å². The minimum Gasteiger partial charge on any atom is -0.347 e. The van der Waals surface area contributed by atoms with Crippen LogP contribution in [0.25, 0.3) is 5.65 Å². The van der Waals surface area contributed by atoms with Gasteiger partial charge in [0.25, 0.3) is 0 Å². The Morgan fingerprint density at radius 1 is 1.22 bits per heavy atom. The van der Waals surface area contributed by atoms with Crippen LogP contribution in [0.4, 0.5) is 5.95 Å². The number of rotatable bonds is 8. The second-order valence-corrected chi connectivity index (χ2v) is 7.20. The van der Waals surface area contributed by atoms with Crippen LogP contribution in [0.5, 0.6) is 0 Å². The smallest absolute Gasteiger partial charge is 0.242 e. The van der Waals surface area contributed by atoms with E-state index < -0.39 is 6.04 Å². The summed E-state index contributed by atoms with van der Waals surface area (Å²) in [5.74, 6) is 1.90. The number of carbonyl (C=O) groups is 1. The van der Waals surface area contributed by atoms with Crippen molar-refractivity contribution < 1.29 is 4.79 Å². The molecule has 0 aliphatic rings. The van der Waals surface area contributed by atoms with Crippen LogP contribution >= 0.6 is 11.8 Å². The molecule has 0 saturated heterocycles. The molecular weight excluding hydrogens is 362 g/mol. The van der Waals surface area contributed by atoms with Crippen LogP contribution in [0.15, 0.2) is 30.5 Å². The van der Waals surface area contributed by atoms with Gasteiger partial charge in [-0.15, -0.1) is 10.2 Å². The molecular formula is C18H23N7OS. The number of nitrogens with zero attached hydrogens (tertiary/aromatic N) is 5. The van der Waals surface area contributed by atoms with Crippen molar-refractivity contribution in [1.29, 1.82) is 0 Å². The summed E-state index contributed by atoms with van der Waals surface area (Å²) >= 11 is 1.69. The standard InChI is InChI=1S/C18H23N7OS/c1-12-10-13(2)21-18(20-12)22-14(7-9-27-3)17(26)19-11-16-24-23-15-6-4-5-8-25(15)16/h4-6,8,10,14H,7,9,11H2,1-3H3,(H,19,26)(H,20,21,22)/t14-/m1/s1. The van der Waals surface area contributed by atoms with Crippen molar-refractivity contribution >= 4 is 29.3 Å². The third-order valence-electron chi connectivity index (χ3n) is 4.02. The number of aryl methyl sites for hydroxylation is 2. The first-order chi connectivity index (χ1) is 13.1. The summed E-state index contributed by atoms with van der Waals surface area (Å²) in [6, 6.07) is 7.16. The predicted molar refractivity (Wildman–Crippen MR) is 107 cm³/mol. The van der Waals surface area contributed by atoms with E-state index in [1.54, 1.807) is 11.8 Å². The molecule has 3 aromatic rings. The quantitative estimate of drug-likeness (QED) is 0.612. The van der Waals surface area contributed by atoms with Gasteiger partial charge in [-0.05, 0) is 50.5 Å². The summed E-state index contributed by atoms with van der Waals surface area (Å²) < 4.78 is 1.86. The number of aromatic nitrogens is 5. The van der Waals surface area contributed by atoms with Gasteiger partial charge in [0.05, 0.1) is 6.54 Å². The van der Waals surface area contributed by atoms with Crippen LogP contribution in [-0.2, 0) is 11.3 Å². The Morgan fingerprint density at radius 3 is 2.74 bits per heavy atom. The fourth-order valence-corrected chi connectivity index (χ4v) is 3.22. The maximum Gasteiger partial charge on any atom is 0.242 e. The second-order valence-electron chi connectivity index (χ2n) is 6.22. The van der Waals surface area contributed by atoms with Crippen LogP contribution in [-0.4, -0.2) is 48.5 Å². The van der Waals surface area contributed by atoms with E-state index in [0.717, 1.165) is 22.8 Å². The molecule has 8 nitrogen and oxygen atoms in total. The summed E-state index contributed by atoms with van der Waals surface area (Å²) in [6.07, 6.45) is 4.57. The Kier molecular flexibility index (Phi) is 6.23. The maximum atomic E-state index is 12.8. The van der Waals surface area contributed by atoms with Gasteiger partial charge in [-0.3, -0.25) is 9.20 Å².